The number of rotatable bonds is 8. The number of hydrogen-bond acceptors (Lipinski definition) is 6. The molecule has 9 nitrogen and oxygen atoms in total. The molecule has 2 aromatic rings. The van der Waals surface area contributed by atoms with E-state index in [4.69, 9.17) is 32.4 Å². The van der Waals surface area contributed by atoms with Gasteiger partial charge < -0.3 is 9.15 Å². The van der Waals surface area contributed by atoms with E-state index in [1.54, 1.807) is 39.0 Å². The Bertz CT molecular complexity index is 1050. The highest BCUT2D eigenvalue weighted by molar-refractivity contribution is 7.89. The second-order valence-corrected chi connectivity index (χ2v) is 9.96. The predicted molar refractivity (Wildman–Crippen MR) is 116 cm³/mol. The number of carbonyl (C=O) groups excluding carboxylic acids is 2. The van der Waals surface area contributed by atoms with Crippen molar-refractivity contribution in [3.63, 3.8) is 0 Å². The van der Waals surface area contributed by atoms with E-state index in [1.165, 1.54) is 6.07 Å². The van der Waals surface area contributed by atoms with Gasteiger partial charge in [0, 0.05) is 17.0 Å². The third-order valence-corrected chi connectivity index (χ3v) is 5.69. The van der Waals surface area contributed by atoms with Crippen molar-refractivity contribution in [2.45, 2.75) is 44.2 Å². The molecule has 0 saturated heterocycles. The maximum atomic E-state index is 12.2. The Balaban J connectivity index is 1.77. The lowest BCUT2D eigenvalue weighted by molar-refractivity contribution is -0.122. The van der Waals surface area contributed by atoms with Crippen molar-refractivity contribution < 1.29 is 27.2 Å². The van der Waals surface area contributed by atoms with Gasteiger partial charge in [0.05, 0.1) is 11.6 Å². The molecule has 0 radical (unpaired) electrons. The summed E-state index contributed by atoms with van der Waals surface area (Å²) in [7, 11) is -3.92. The van der Waals surface area contributed by atoms with E-state index < -0.39 is 32.5 Å². The highest BCUT2D eigenvalue weighted by atomic mass is 35.5. The Labute approximate surface area is 190 Å². The summed E-state index contributed by atoms with van der Waals surface area (Å²) in [4.78, 5) is 23.9. The third kappa shape index (κ3) is 8.06. The van der Waals surface area contributed by atoms with Crippen LogP contribution in [0.15, 0.2) is 39.8 Å². The summed E-state index contributed by atoms with van der Waals surface area (Å²) in [6.45, 7) is 5.24. The molecule has 1 aromatic heterocycles. The number of nitrogens with one attached hydrogen (secondary N) is 3. The number of sulfonamides is 1. The van der Waals surface area contributed by atoms with Crippen LogP contribution in [-0.2, 0) is 14.8 Å². The van der Waals surface area contributed by atoms with Crippen molar-refractivity contribution in [3.05, 3.63) is 46.1 Å². The Morgan fingerprint density at radius 1 is 1.10 bits per heavy atom. The summed E-state index contributed by atoms with van der Waals surface area (Å²) in [6, 6.07) is 7.16. The number of carbonyl (C=O) groups is 2. The zero-order valence-electron chi connectivity index (χ0n) is 17.1. The van der Waals surface area contributed by atoms with Crippen LogP contribution in [0.2, 0.25) is 10.0 Å². The van der Waals surface area contributed by atoms with Gasteiger partial charge in [-0.3, -0.25) is 20.4 Å². The summed E-state index contributed by atoms with van der Waals surface area (Å²) < 4.78 is 37.4. The van der Waals surface area contributed by atoms with Crippen LogP contribution in [0.1, 0.15) is 44.2 Å². The molecule has 0 aliphatic rings. The van der Waals surface area contributed by atoms with Crippen molar-refractivity contribution >= 4 is 45.0 Å². The molecule has 12 heteroatoms. The predicted octanol–water partition coefficient (Wildman–Crippen LogP) is 3.28. The molecular weight excluding hydrogens is 469 g/mol. The van der Waals surface area contributed by atoms with Crippen molar-refractivity contribution in [2.75, 3.05) is 6.61 Å². The Morgan fingerprint density at radius 2 is 1.81 bits per heavy atom. The normalized spacial score (nSPS) is 11.8. The molecule has 0 atom stereocenters. The summed E-state index contributed by atoms with van der Waals surface area (Å²) in [5, 5.41) is 0.442. The quantitative estimate of drug-likeness (QED) is 0.384. The fourth-order valence-corrected chi connectivity index (χ4v) is 4.11. The Kier molecular flexibility index (Phi) is 8.35. The molecule has 0 fully saturated rings. The third-order valence-electron chi connectivity index (χ3n) is 3.53. The van der Waals surface area contributed by atoms with Crippen LogP contribution in [0, 0.1) is 0 Å². The number of halogens is 2. The van der Waals surface area contributed by atoms with Gasteiger partial charge in [-0.2, -0.15) is 0 Å². The van der Waals surface area contributed by atoms with Crippen LogP contribution in [0.3, 0.4) is 0 Å². The summed E-state index contributed by atoms with van der Waals surface area (Å²) in [5.74, 6) is -1.08. The molecule has 2 rings (SSSR count). The van der Waals surface area contributed by atoms with Crippen molar-refractivity contribution in [1.29, 1.82) is 0 Å². The van der Waals surface area contributed by atoms with Crippen LogP contribution >= 0.6 is 23.2 Å². The molecule has 3 N–H and O–H groups in total. The van der Waals surface area contributed by atoms with Crippen LogP contribution in [0.4, 0.5) is 0 Å². The number of hydrazine groups is 1. The minimum atomic E-state index is -3.92. The molecule has 1 aromatic carbocycles. The largest absolute Gasteiger partial charge is 0.492 e. The zero-order chi connectivity index (χ0) is 23.2. The van der Waals surface area contributed by atoms with Crippen LogP contribution in [0.5, 0.6) is 5.75 Å². The van der Waals surface area contributed by atoms with E-state index in [0.29, 0.717) is 22.2 Å². The molecule has 0 aliphatic heterocycles. The van der Waals surface area contributed by atoms with Crippen LogP contribution in [-0.4, -0.2) is 32.4 Å². The molecule has 0 unspecified atom stereocenters. The number of amides is 2. The highest BCUT2D eigenvalue weighted by Gasteiger charge is 2.26. The molecule has 0 bridgehead atoms. The molecule has 0 saturated carbocycles. The maximum absolute atomic E-state index is 12.2. The van der Waals surface area contributed by atoms with E-state index in [9.17, 15) is 18.0 Å². The van der Waals surface area contributed by atoms with Crippen LogP contribution in [0.25, 0.3) is 0 Å². The van der Waals surface area contributed by atoms with Crippen molar-refractivity contribution in [3.8, 4) is 5.75 Å². The first-order valence-electron chi connectivity index (χ1n) is 9.18. The van der Waals surface area contributed by atoms with Gasteiger partial charge in [0.2, 0.25) is 11.0 Å². The van der Waals surface area contributed by atoms with E-state index in [0.717, 1.165) is 6.07 Å². The van der Waals surface area contributed by atoms with E-state index >= 15 is 0 Å². The summed E-state index contributed by atoms with van der Waals surface area (Å²) in [6.07, 6.45) is 0.432. The fourth-order valence-electron chi connectivity index (χ4n) is 2.30. The molecule has 0 spiro atoms. The first-order chi connectivity index (χ1) is 14.4. The number of furan rings is 1. The van der Waals surface area contributed by atoms with Gasteiger partial charge in [-0.25, -0.2) is 13.1 Å². The lowest BCUT2D eigenvalue weighted by atomic mass is 10.1. The van der Waals surface area contributed by atoms with E-state index in [-0.39, 0.29) is 18.8 Å². The summed E-state index contributed by atoms with van der Waals surface area (Å²) >= 11 is 11.8. The van der Waals surface area contributed by atoms with E-state index in [2.05, 4.69) is 15.6 Å². The standard InChI is InChI=1S/C19H23Cl2N3O6S/c1-19(2,3)24-31(27,28)17-9-8-15(30-17)18(26)23-22-16(25)5-4-10-29-14-7-6-12(20)11-13(14)21/h6-9,11,24H,4-5,10H2,1-3H3,(H,22,25)(H,23,26). The zero-order valence-corrected chi connectivity index (χ0v) is 19.5. The van der Waals surface area contributed by atoms with Gasteiger partial charge in [0.25, 0.3) is 10.0 Å². The average molecular weight is 492 g/mol. The first kappa shape index (κ1) is 25.0. The van der Waals surface area contributed by atoms with Gasteiger partial charge in [-0.15, -0.1) is 0 Å². The minimum absolute atomic E-state index is 0.0682. The summed E-state index contributed by atoms with van der Waals surface area (Å²) in [5.41, 5.74) is 3.67. The minimum Gasteiger partial charge on any atom is -0.492 e. The van der Waals surface area contributed by atoms with Gasteiger partial charge in [0.1, 0.15) is 5.75 Å². The van der Waals surface area contributed by atoms with Crippen molar-refractivity contribution in [2.24, 2.45) is 0 Å². The lowest BCUT2D eigenvalue weighted by Crippen LogP contribution is -2.41. The maximum Gasteiger partial charge on any atom is 0.305 e. The number of ether oxygens (including phenoxy) is 1. The average Bonchev–Trinajstić information content (AvgIpc) is 3.14. The first-order valence-corrected chi connectivity index (χ1v) is 11.4. The van der Waals surface area contributed by atoms with Gasteiger partial charge in [-0.05, 0) is 57.5 Å². The molecule has 1 heterocycles. The smallest absolute Gasteiger partial charge is 0.305 e. The van der Waals surface area contributed by atoms with E-state index in [1.807, 2.05) is 0 Å². The second kappa shape index (κ2) is 10.4. The molecular formula is C19H23Cl2N3O6S. The van der Waals surface area contributed by atoms with Gasteiger partial charge >= 0.3 is 5.91 Å². The highest BCUT2D eigenvalue weighted by Crippen LogP contribution is 2.27. The van der Waals surface area contributed by atoms with Gasteiger partial charge in [0.15, 0.2) is 5.76 Å². The molecule has 2 amide bonds. The van der Waals surface area contributed by atoms with Gasteiger partial charge in [-0.1, -0.05) is 23.2 Å². The number of hydrogen-bond donors (Lipinski definition) is 3. The molecule has 31 heavy (non-hydrogen) atoms. The lowest BCUT2D eigenvalue weighted by Gasteiger charge is -2.18. The van der Waals surface area contributed by atoms with Crippen molar-refractivity contribution in [1.82, 2.24) is 15.6 Å². The topological polar surface area (TPSA) is 127 Å². The monoisotopic (exact) mass is 491 g/mol. The molecule has 170 valence electrons. The SMILES string of the molecule is CC(C)(C)NS(=O)(=O)c1ccc(C(=O)NNC(=O)CCCOc2ccc(Cl)cc2Cl)o1. The Morgan fingerprint density at radius 3 is 2.45 bits per heavy atom. The fraction of sp³-hybridized carbons (Fsp3) is 0.368. The van der Waals surface area contributed by atoms with Crippen LogP contribution < -0.4 is 20.3 Å². The molecule has 0 aliphatic carbocycles. The second-order valence-electron chi connectivity index (χ2n) is 7.50. The Hall–Kier alpha value is -2.27. The number of benzene rings is 1.